The first-order valence-corrected chi connectivity index (χ1v) is 11.0. The van der Waals surface area contributed by atoms with E-state index in [9.17, 15) is 9.90 Å². The lowest BCUT2D eigenvalue weighted by molar-refractivity contribution is 0.0900. The second kappa shape index (κ2) is 9.83. The van der Waals surface area contributed by atoms with E-state index in [1.54, 1.807) is 17.2 Å². The fourth-order valence-electron chi connectivity index (χ4n) is 4.66. The molecule has 2 aromatic rings. The normalized spacial score (nSPS) is 18.4. The number of nitrogens with zero attached hydrogens (tertiary/aromatic N) is 2. The average molecular weight is 412 g/mol. The summed E-state index contributed by atoms with van der Waals surface area (Å²) in [5.74, 6) is 0.827. The second-order valence-corrected chi connectivity index (χ2v) is 7.70. The van der Waals surface area contributed by atoms with Crippen molar-refractivity contribution in [3.05, 3.63) is 52.8 Å². The Kier molecular flexibility index (Phi) is 7.19. The second-order valence-electron chi connectivity index (χ2n) is 7.70. The molecule has 6 heteroatoms. The van der Waals surface area contributed by atoms with Gasteiger partial charge < -0.3 is 20.5 Å². The third-order valence-corrected chi connectivity index (χ3v) is 5.98. The zero-order valence-electron chi connectivity index (χ0n) is 18.2. The number of aryl methyl sites for hydroxylation is 2. The number of phenolic OH excluding ortho intramolecular Hbond substituents is 1. The fourth-order valence-corrected chi connectivity index (χ4v) is 4.66. The molecular weight excluding hydrogens is 378 g/mol. The van der Waals surface area contributed by atoms with E-state index < -0.39 is 0 Å². The van der Waals surface area contributed by atoms with Gasteiger partial charge in [-0.1, -0.05) is 19.9 Å². The highest BCUT2D eigenvalue weighted by Gasteiger charge is 2.35. The van der Waals surface area contributed by atoms with Gasteiger partial charge in [-0.05, 0) is 73.4 Å². The number of benzene rings is 1. The van der Waals surface area contributed by atoms with Crippen molar-refractivity contribution < 1.29 is 14.6 Å². The predicted molar refractivity (Wildman–Crippen MR) is 119 cm³/mol. The number of anilines is 1. The van der Waals surface area contributed by atoms with Crippen molar-refractivity contribution >= 4 is 11.8 Å². The van der Waals surface area contributed by atoms with Crippen molar-refractivity contribution in [2.24, 2.45) is 5.92 Å². The van der Waals surface area contributed by atoms with E-state index in [2.05, 4.69) is 0 Å². The van der Waals surface area contributed by atoms with Crippen LogP contribution in [0.1, 0.15) is 61.9 Å². The minimum absolute atomic E-state index is 0.151. The van der Waals surface area contributed by atoms with Gasteiger partial charge in [0.1, 0.15) is 5.75 Å². The number of fused-ring (bicyclic) bond motifs is 2. The fraction of sp³-hybridized carbons (Fsp3) is 0.500. The molecule has 1 aromatic heterocycles. The number of carbonyl (C=O) groups excluding carboxylic acids is 1. The van der Waals surface area contributed by atoms with Crippen LogP contribution in [0.3, 0.4) is 0 Å². The van der Waals surface area contributed by atoms with Crippen LogP contribution in [0.25, 0.3) is 0 Å². The molecule has 2 aliphatic rings. The highest BCUT2D eigenvalue weighted by atomic mass is 16.6. The number of phenols is 1. The van der Waals surface area contributed by atoms with Crippen molar-refractivity contribution in [2.45, 2.75) is 52.4 Å². The number of rotatable bonds is 2. The first kappa shape index (κ1) is 21.9. The van der Waals surface area contributed by atoms with Gasteiger partial charge in [-0.2, -0.15) is 0 Å². The Bertz CT molecular complexity index is 822. The molecule has 0 spiro atoms. The number of aromatic hydroxyl groups is 1. The van der Waals surface area contributed by atoms with Crippen molar-refractivity contribution in [1.29, 1.82) is 0 Å². The number of amides is 1. The SMILES string of the molecule is CC.CCOC(=O)N1CCC(C2c3ccc(O)cc3CCc3cc(N)cnc32)CC1. The van der Waals surface area contributed by atoms with Gasteiger partial charge in [0.05, 0.1) is 24.2 Å². The van der Waals surface area contributed by atoms with E-state index in [4.69, 9.17) is 15.5 Å². The molecule has 1 amide bonds. The van der Waals surface area contributed by atoms with Crippen molar-refractivity contribution in [3.8, 4) is 5.75 Å². The molecule has 1 fully saturated rings. The van der Waals surface area contributed by atoms with E-state index in [-0.39, 0.29) is 12.0 Å². The summed E-state index contributed by atoms with van der Waals surface area (Å²) in [4.78, 5) is 18.6. The highest BCUT2D eigenvalue weighted by Crippen LogP contribution is 2.43. The van der Waals surface area contributed by atoms with Gasteiger partial charge in [0.2, 0.25) is 0 Å². The Morgan fingerprint density at radius 1 is 1.20 bits per heavy atom. The molecule has 1 atom stereocenters. The smallest absolute Gasteiger partial charge is 0.409 e. The zero-order valence-corrected chi connectivity index (χ0v) is 18.2. The van der Waals surface area contributed by atoms with Crippen LogP contribution in [0.15, 0.2) is 30.5 Å². The van der Waals surface area contributed by atoms with Gasteiger partial charge in [0, 0.05) is 19.0 Å². The van der Waals surface area contributed by atoms with Gasteiger partial charge in [-0.3, -0.25) is 4.98 Å². The molecule has 30 heavy (non-hydrogen) atoms. The van der Waals surface area contributed by atoms with Crippen molar-refractivity contribution in [3.63, 3.8) is 0 Å². The molecule has 0 bridgehead atoms. The molecule has 1 unspecified atom stereocenters. The van der Waals surface area contributed by atoms with E-state index in [0.717, 1.165) is 31.4 Å². The summed E-state index contributed by atoms with van der Waals surface area (Å²) in [7, 11) is 0. The number of piperidine rings is 1. The lowest BCUT2D eigenvalue weighted by Gasteiger charge is -2.36. The Hall–Kier alpha value is -2.76. The van der Waals surface area contributed by atoms with Crippen molar-refractivity contribution in [2.75, 3.05) is 25.4 Å². The summed E-state index contributed by atoms with van der Waals surface area (Å²) in [6.45, 7) is 7.61. The van der Waals surface area contributed by atoms with Crippen molar-refractivity contribution in [1.82, 2.24) is 9.88 Å². The molecule has 1 saturated heterocycles. The number of hydrogen-bond donors (Lipinski definition) is 2. The number of nitrogens with two attached hydrogens (primary N) is 1. The van der Waals surface area contributed by atoms with Gasteiger partial charge in [-0.15, -0.1) is 0 Å². The number of nitrogen functional groups attached to an aromatic ring is 1. The van der Waals surface area contributed by atoms with Gasteiger partial charge >= 0.3 is 6.09 Å². The van der Waals surface area contributed by atoms with Crippen LogP contribution < -0.4 is 5.73 Å². The van der Waals surface area contributed by atoms with Crippen LogP contribution in [0.4, 0.5) is 10.5 Å². The molecule has 1 aliphatic carbocycles. The standard InChI is InChI=1S/C22H27N3O3.C2H6/c1-2-28-22(27)25-9-7-14(8-10-25)20-19-6-5-18(26)12-15(19)3-4-16-11-17(23)13-24-21(16)20;1-2/h5-6,11-14,20,26H,2-4,7-10,23H2,1H3;1-2H3. The minimum atomic E-state index is -0.224. The van der Waals surface area contributed by atoms with E-state index in [1.807, 2.05) is 39.0 Å². The third-order valence-electron chi connectivity index (χ3n) is 5.98. The first-order valence-electron chi connectivity index (χ1n) is 11.0. The molecule has 2 heterocycles. The van der Waals surface area contributed by atoms with Gasteiger partial charge in [0.15, 0.2) is 0 Å². The van der Waals surface area contributed by atoms with Crippen LogP contribution in [0, 0.1) is 5.92 Å². The first-order chi connectivity index (χ1) is 14.6. The maximum Gasteiger partial charge on any atom is 0.409 e. The number of pyridine rings is 1. The summed E-state index contributed by atoms with van der Waals surface area (Å²) in [5, 5.41) is 9.99. The Morgan fingerprint density at radius 3 is 2.60 bits per heavy atom. The molecule has 6 nitrogen and oxygen atoms in total. The molecule has 3 N–H and O–H groups in total. The van der Waals surface area contributed by atoms with Crippen LogP contribution in [0.5, 0.6) is 5.75 Å². The Morgan fingerprint density at radius 2 is 1.90 bits per heavy atom. The molecule has 0 saturated carbocycles. The molecule has 1 aliphatic heterocycles. The minimum Gasteiger partial charge on any atom is -0.508 e. The molecular formula is C24H33N3O3. The third kappa shape index (κ3) is 4.53. The monoisotopic (exact) mass is 411 g/mol. The Labute approximate surface area is 179 Å². The lowest BCUT2D eigenvalue weighted by atomic mass is 9.76. The number of likely N-dealkylation sites (tertiary alicyclic amines) is 1. The van der Waals surface area contributed by atoms with Gasteiger partial charge in [-0.25, -0.2) is 4.79 Å². The number of hydrogen-bond acceptors (Lipinski definition) is 5. The Balaban J connectivity index is 0.00000124. The van der Waals surface area contributed by atoms with Crippen LogP contribution in [-0.2, 0) is 17.6 Å². The summed E-state index contributed by atoms with van der Waals surface area (Å²) >= 11 is 0. The quantitative estimate of drug-likeness (QED) is 0.760. The lowest BCUT2D eigenvalue weighted by Crippen LogP contribution is -2.40. The number of carbonyl (C=O) groups is 1. The average Bonchev–Trinajstić information content (AvgIpc) is 2.91. The van der Waals surface area contributed by atoms with E-state index in [0.29, 0.717) is 37.1 Å². The number of ether oxygens (including phenoxy) is 1. The van der Waals surface area contributed by atoms with Crippen LogP contribution in [0.2, 0.25) is 0 Å². The van der Waals surface area contributed by atoms with E-state index >= 15 is 0 Å². The molecule has 162 valence electrons. The number of aromatic nitrogens is 1. The van der Waals surface area contributed by atoms with Crippen LogP contribution in [-0.4, -0.2) is 40.8 Å². The maximum atomic E-state index is 12.1. The predicted octanol–water partition coefficient (Wildman–Crippen LogP) is 4.49. The van der Waals surface area contributed by atoms with Gasteiger partial charge in [0.25, 0.3) is 0 Å². The van der Waals surface area contributed by atoms with Crippen LogP contribution >= 0.6 is 0 Å². The zero-order chi connectivity index (χ0) is 21.7. The summed E-state index contributed by atoms with van der Waals surface area (Å²) < 4.78 is 5.15. The summed E-state index contributed by atoms with van der Waals surface area (Å²) in [5.41, 5.74) is 11.4. The highest BCUT2D eigenvalue weighted by molar-refractivity contribution is 5.67. The maximum absolute atomic E-state index is 12.1. The molecule has 0 radical (unpaired) electrons. The molecule has 4 rings (SSSR count). The largest absolute Gasteiger partial charge is 0.508 e. The van der Waals surface area contributed by atoms with E-state index in [1.165, 1.54) is 16.7 Å². The summed E-state index contributed by atoms with van der Waals surface area (Å²) in [6.07, 6.45) is 5.04. The topological polar surface area (TPSA) is 88.7 Å². The summed E-state index contributed by atoms with van der Waals surface area (Å²) in [6, 6.07) is 7.72. The molecule has 1 aromatic carbocycles.